The summed E-state index contributed by atoms with van der Waals surface area (Å²) in [6, 6.07) is 5.20. The Morgan fingerprint density at radius 3 is 2.50 bits per heavy atom. The Morgan fingerprint density at radius 2 is 1.75 bits per heavy atom. The molecule has 0 aliphatic heterocycles. The Kier molecular flexibility index (Phi) is 2.86. The molecule has 0 atom stereocenters. The molecule has 0 saturated carbocycles. The number of hydrogen-bond acceptors (Lipinski definition) is 5. The number of anilines is 1. The van der Waals surface area contributed by atoms with Gasteiger partial charge in [-0.25, -0.2) is 8.78 Å². The van der Waals surface area contributed by atoms with Gasteiger partial charge in [0.1, 0.15) is 0 Å². The second kappa shape index (κ2) is 4.69. The molecule has 2 aromatic heterocycles. The number of aromatic nitrogens is 3. The average molecular weight is 274 g/mol. The van der Waals surface area contributed by atoms with E-state index in [0.29, 0.717) is 11.4 Å². The van der Waals surface area contributed by atoms with E-state index in [1.807, 2.05) is 0 Å². The molecule has 2 N–H and O–H groups in total. The Hall–Kier alpha value is -2.83. The van der Waals surface area contributed by atoms with Crippen LogP contribution in [0.4, 0.5) is 14.5 Å². The van der Waals surface area contributed by atoms with Gasteiger partial charge in [-0.05, 0) is 18.2 Å². The van der Waals surface area contributed by atoms with Gasteiger partial charge in [0.25, 0.3) is 5.89 Å². The summed E-state index contributed by atoms with van der Waals surface area (Å²) in [6.45, 7) is 0. The Morgan fingerprint density at radius 1 is 1.05 bits per heavy atom. The van der Waals surface area contributed by atoms with Crippen molar-refractivity contribution in [2.24, 2.45) is 0 Å². The van der Waals surface area contributed by atoms with Crippen molar-refractivity contribution in [3.8, 4) is 22.8 Å². The molecule has 0 aliphatic rings. The monoisotopic (exact) mass is 274 g/mol. The molecule has 20 heavy (non-hydrogen) atoms. The Bertz CT molecular complexity index is 758. The molecule has 1 aromatic carbocycles. The van der Waals surface area contributed by atoms with Crippen LogP contribution in [-0.4, -0.2) is 15.1 Å². The number of hydrogen-bond donors (Lipinski definition) is 1. The van der Waals surface area contributed by atoms with Crippen LogP contribution in [0.2, 0.25) is 0 Å². The van der Waals surface area contributed by atoms with Gasteiger partial charge >= 0.3 is 0 Å². The van der Waals surface area contributed by atoms with Gasteiger partial charge in [0, 0.05) is 29.7 Å². The first-order valence-corrected chi connectivity index (χ1v) is 5.64. The van der Waals surface area contributed by atoms with Crippen molar-refractivity contribution >= 4 is 5.69 Å². The normalized spacial score (nSPS) is 10.7. The standard InChI is InChI=1S/C13H8F2N4O/c14-9-5-8(11(16)6-10(9)15)13-18-12(19-20-13)7-1-3-17-4-2-7/h1-6H,16H2. The molecule has 0 aliphatic carbocycles. The molecular formula is C13H8F2N4O. The van der Waals surface area contributed by atoms with E-state index in [9.17, 15) is 8.78 Å². The highest BCUT2D eigenvalue weighted by molar-refractivity contribution is 5.71. The van der Waals surface area contributed by atoms with Gasteiger partial charge in [0.15, 0.2) is 11.6 Å². The number of benzene rings is 1. The predicted molar refractivity (Wildman–Crippen MR) is 67.3 cm³/mol. The molecular weight excluding hydrogens is 266 g/mol. The molecule has 0 unspecified atom stereocenters. The zero-order valence-corrected chi connectivity index (χ0v) is 10.0. The van der Waals surface area contributed by atoms with Crippen molar-refractivity contribution in [2.45, 2.75) is 0 Å². The van der Waals surface area contributed by atoms with Crippen LogP contribution in [-0.2, 0) is 0 Å². The van der Waals surface area contributed by atoms with Gasteiger partial charge in [-0.3, -0.25) is 4.98 Å². The fraction of sp³-hybridized carbons (Fsp3) is 0. The summed E-state index contributed by atoms with van der Waals surface area (Å²) in [7, 11) is 0. The zero-order valence-electron chi connectivity index (χ0n) is 10.0. The highest BCUT2D eigenvalue weighted by Crippen LogP contribution is 2.28. The number of pyridine rings is 1. The van der Waals surface area contributed by atoms with E-state index in [0.717, 1.165) is 12.1 Å². The predicted octanol–water partition coefficient (Wildman–Crippen LogP) is 2.66. The minimum Gasteiger partial charge on any atom is -0.398 e. The van der Waals surface area contributed by atoms with Crippen molar-refractivity contribution in [3.63, 3.8) is 0 Å². The molecule has 0 saturated heterocycles. The van der Waals surface area contributed by atoms with E-state index in [1.165, 1.54) is 0 Å². The van der Waals surface area contributed by atoms with Crippen LogP contribution in [0.1, 0.15) is 0 Å². The second-order valence-electron chi connectivity index (χ2n) is 4.01. The topological polar surface area (TPSA) is 77.8 Å². The van der Waals surface area contributed by atoms with Gasteiger partial charge in [-0.2, -0.15) is 4.98 Å². The SMILES string of the molecule is Nc1cc(F)c(F)cc1-c1nc(-c2ccncc2)no1. The highest BCUT2D eigenvalue weighted by Gasteiger charge is 2.16. The van der Waals surface area contributed by atoms with Crippen LogP contribution < -0.4 is 5.73 Å². The summed E-state index contributed by atoms with van der Waals surface area (Å²) in [5.74, 6) is -1.72. The molecule has 7 heteroatoms. The van der Waals surface area contributed by atoms with E-state index in [2.05, 4.69) is 15.1 Å². The van der Waals surface area contributed by atoms with Gasteiger partial charge in [0.2, 0.25) is 5.82 Å². The van der Waals surface area contributed by atoms with Gasteiger partial charge in [0.05, 0.1) is 5.56 Å². The lowest BCUT2D eigenvalue weighted by Gasteiger charge is -2.01. The third kappa shape index (κ3) is 2.09. The molecule has 0 bridgehead atoms. The molecule has 3 rings (SSSR count). The molecule has 0 radical (unpaired) electrons. The molecule has 100 valence electrons. The molecule has 0 amide bonds. The zero-order chi connectivity index (χ0) is 14.1. The van der Waals surface area contributed by atoms with Crippen molar-refractivity contribution in [3.05, 3.63) is 48.3 Å². The van der Waals surface area contributed by atoms with E-state index in [1.54, 1.807) is 24.5 Å². The third-order valence-corrected chi connectivity index (χ3v) is 2.69. The van der Waals surface area contributed by atoms with Crippen molar-refractivity contribution in [1.29, 1.82) is 0 Å². The maximum atomic E-state index is 13.2. The van der Waals surface area contributed by atoms with Gasteiger partial charge in [-0.15, -0.1) is 0 Å². The van der Waals surface area contributed by atoms with Crippen LogP contribution in [0.3, 0.4) is 0 Å². The summed E-state index contributed by atoms with van der Waals surface area (Å²) in [6.07, 6.45) is 3.16. The summed E-state index contributed by atoms with van der Waals surface area (Å²) in [5.41, 5.74) is 6.49. The molecule has 5 nitrogen and oxygen atoms in total. The number of halogens is 2. The second-order valence-corrected chi connectivity index (χ2v) is 4.01. The van der Waals surface area contributed by atoms with Gasteiger partial charge in [-0.1, -0.05) is 5.16 Å². The minimum absolute atomic E-state index is 0.0215. The summed E-state index contributed by atoms with van der Waals surface area (Å²) < 4.78 is 31.3. The van der Waals surface area contributed by atoms with Crippen LogP contribution in [0.25, 0.3) is 22.8 Å². The summed E-state index contributed by atoms with van der Waals surface area (Å²) in [4.78, 5) is 7.98. The number of nitrogens with zero attached hydrogens (tertiary/aromatic N) is 3. The maximum Gasteiger partial charge on any atom is 0.260 e. The maximum absolute atomic E-state index is 13.2. The van der Waals surface area contributed by atoms with Gasteiger partial charge < -0.3 is 10.3 Å². The first kappa shape index (κ1) is 12.2. The first-order valence-electron chi connectivity index (χ1n) is 5.64. The van der Waals surface area contributed by atoms with Crippen molar-refractivity contribution in [2.75, 3.05) is 5.73 Å². The van der Waals surface area contributed by atoms with E-state index in [-0.39, 0.29) is 17.1 Å². The smallest absolute Gasteiger partial charge is 0.260 e. The third-order valence-electron chi connectivity index (χ3n) is 2.69. The minimum atomic E-state index is -1.03. The van der Waals surface area contributed by atoms with Crippen LogP contribution in [0.15, 0.2) is 41.2 Å². The summed E-state index contributed by atoms with van der Waals surface area (Å²) in [5, 5.41) is 3.77. The highest BCUT2D eigenvalue weighted by atomic mass is 19.2. The van der Waals surface area contributed by atoms with Crippen LogP contribution >= 0.6 is 0 Å². The number of rotatable bonds is 2. The van der Waals surface area contributed by atoms with E-state index in [4.69, 9.17) is 10.3 Å². The Labute approximate surface area is 112 Å². The molecule has 2 heterocycles. The quantitative estimate of drug-likeness (QED) is 0.727. The van der Waals surface area contributed by atoms with Crippen molar-refractivity contribution in [1.82, 2.24) is 15.1 Å². The van der Waals surface area contributed by atoms with E-state index >= 15 is 0 Å². The van der Waals surface area contributed by atoms with E-state index < -0.39 is 11.6 Å². The van der Waals surface area contributed by atoms with Crippen LogP contribution in [0, 0.1) is 11.6 Å². The lowest BCUT2D eigenvalue weighted by molar-refractivity contribution is 0.431. The lowest BCUT2D eigenvalue weighted by Crippen LogP contribution is -1.94. The largest absolute Gasteiger partial charge is 0.398 e. The van der Waals surface area contributed by atoms with Crippen molar-refractivity contribution < 1.29 is 13.3 Å². The average Bonchev–Trinajstić information content (AvgIpc) is 2.93. The fourth-order valence-corrected chi connectivity index (χ4v) is 1.70. The summed E-state index contributed by atoms with van der Waals surface area (Å²) >= 11 is 0. The molecule has 0 fully saturated rings. The number of nitrogen functional groups attached to an aromatic ring is 1. The molecule has 3 aromatic rings. The first-order chi connectivity index (χ1) is 9.65. The number of nitrogens with two attached hydrogens (primary N) is 1. The van der Waals surface area contributed by atoms with Crippen LogP contribution in [0.5, 0.6) is 0 Å². The Balaban J connectivity index is 2.05. The lowest BCUT2D eigenvalue weighted by atomic mass is 10.1. The fourth-order valence-electron chi connectivity index (χ4n) is 1.70. The molecule has 0 spiro atoms.